The molecule has 2 aromatic rings. The zero-order valence-corrected chi connectivity index (χ0v) is 11.2. The minimum Gasteiger partial charge on any atom is -0.504 e. The number of benzene rings is 1. The van der Waals surface area contributed by atoms with Gasteiger partial charge in [0.05, 0.1) is 13.4 Å². The molecule has 0 fully saturated rings. The van der Waals surface area contributed by atoms with Gasteiger partial charge in [-0.3, -0.25) is 0 Å². The van der Waals surface area contributed by atoms with E-state index >= 15 is 0 Å². The summed E-state index contributed by atoms with van der Waals surface area (Å²) >= 11 is 0. The molecule has 1 heterocycles. The van der Waals surface area contributed by atoms with Gasteiger partial charge in [0.15, 0.2) is 0 Å². The van der Waals surface area contributed by atoms with Crippen molar-refractivity contribution in [2.24, 2.45) is 0 Å². The van der Waals surface area contributed by atoms with E-state index in [4.69, 9.17) is 4.74 Å². The number of hydrogen-bond acceptors (Lipinski definition) is 1. The molecule has 0 amide bonds. The monoisotopic (exact) mass is 241 g/mol. The van der Waals surface area contributed by atoms with Crippen LogP contribution >= 0.6 is 0 Å². The summed E-state index contributed by atoms with van der Waals surface area (Å²) in [5.74, 6) is 0. The van der Waals surface area contributed by atoms with E-state index in [1.54, 1.807) is 13.4 Å². The molecule has 1 aromatic heterocycles. The predicted octanol–water partition coefficient (Wildman–Crippen LogP) is 3.77. The third-order valence-electron chi connectivity index (χ3n) is 3.21. The van der Waals surface area contributed by atoms with Crippen LogP contribution in [0.1, 0.15) is 22.5 Å². The Morgan fingerprint density at radius 1 is 1.17 bits per heavy atom. The standard InChI is InChI=1S/C16H19NO/c1-13-11-16(9-10-18-3)17(14(13)2)12-15-7-5-4-6-8-15/h4-11H,12H2,1-3H3. The Morgan fingerprint density at radius 3 is 2.56 bits per heavy atom. The average molecular weight is 241 g/mol. The van der Waals surface area contributed by atoms with Crippen molar-refractivity contribution in [2.45, 2.75) is 20.4 Å². The fourth-order valence-corrected chi connectivity index (χ4v) is 2.06. The highest BCUT2D eigenvalue weighted by molar-refractivity contribution is 5.48. The summed E-state index contributed by atoms with van der Waals surface area (Å²) < 4.78 is 7.31. The molecule has 0 aliphatic rings. The van der Waals surface area contributed by atoms with Crippen molar-refractivity contribution in [3.05, 3.63) is 65.2 Å². The number of ether oxygens (including phenoxy) is 1. The van der Waals surface area contributed by atoms with Crippen molar-refractivity contribution < 1.29 is 4.74 Å². The molecule has 0 bridgehead atoms. The smallest absolute Gasteiger partial charge is 0.0845 e. The lowest BCUT2D eigenvalue weighted by molar-refractivity contribution is 0.341. The number of methoxy groups -OCH3 is 1. The zero-order chi connectivity index (χ0) is 13.0. The van der Waals surface area contributed by atoms with Crippen LogP contribution in [0.5, 0.6) is 0 Å². The normalized spacial score (nSPS) is 11.1. The van der Waals surface area contributed by atoms with Gasteiger partial charge in [-0.25, -0.2) is 0 Å². The number of nitrogens with zero attached hydrogens (tertiary/aromatic N) is 1. The summed E-state index contributed by atoms with van der Waals surface area (Å²) in [6.45, 7) is 5.19. The van der Waals surface area contributed by atoms with Crippen LogP contribution in [-0.2, 0) is 11.3 Å². The Hall–Kier alpha value is -1.96. The molecule has 1 aromatic carbocycles. The maximum Gasteiger partial charge on any atom is 0.0845 e. The van der Waals surface area contributed by atoms with Gasteiger partial charge in [0, 0.05) is 17.9 Å². The second-order valence-corrected chi connectivity index (χ2v) is 4.45. The van der Waals surface area contributed by atoms with Gasteiger partial charge < -0.3 is 9.30 Å². The highest BCUT2D eigenvalue weighted by Crippen LogP contribution is 2.18. The molecule has 0 aliphatic heterocycles. The molecule has 94 valence electrons. The molecule has 18 heavy (non-hydrogen) atoms. The highest BCUT2D eigenvalue weighted by atomic mass is 16.5. The van der Waals surface area contributed by atoms with Gasteiger partial charge in [-0.1, -0.05) is 30.3 Å². The molecule has 0 N–H and O–H groups in total. The molecule has 0 saturated heterocycles. The Labute approximate surface area is 109 Å². The van der Waals surface area contributed by atoms with Gasteiger partial charge >= 0.3 is 0 Å². The van der Waals surface area contributed by atoms with Crippen molar-refractivity contribution in [3.63, 3.8) is 0 Å². The summed E-state index contributed by atoms with van der Waals surface area (Å²) in [4.78, 5) is 0. The first-order valence-corrected chi connectivity index (χ1v) is 6.12. The lowest BCUT2D eigenvalue weighted by Gasteiger charge is -2.10. The van der Waals surface area contributed by atoms with Crippen LogP contribution in [0.4, 0.5) is 0 Å². The van der Waals surface area contributed by atoms with Crippen LogP contribution in [0.3, 0.4) is 0 Å². The third kappa shape index (κ3) is 2.65. The lowest BCUT2D eigenvalue weighted by atomic mass is 10.2. The lowest BCUT2D eigenvalue weighted by Crippen LogP contribution is -2.03. The number of rotatable bonds is 4. The first-order valence-electron chi connectivity index (χ1n) is 6.12. The summed E-state index contributed by atoms with van der Waals surface area (Å²) in [5, 5.41) is 0. The van der Waals surface area contributed by atoms with Crippen LogP contribution in [0, 0.1) is 13.8 Å². The highest BCUT2D eigenvalue weighted by Gasteiger charge is 2.07. The Bertz CT molecular complexity index is 538. The van der Waals surface area contributed by atoms with Gasteiger partial charge in [-0.15, -0.1) is 0 Å². The van der Waals surface area contributed by atoms with E-state index in [1.165, 1.54) is 22.5 Å². The van der Waals surface area contributed by atoms with Crippen LogP contribution < -0.4 is 0 Å². The molecule has 0 spiro atoms. The first kappa shape index (κ1) is 12.5. The largest absolute Gasteiger partial charge is 0.504 e. The minimum atomic E-state index is 0.893. The molecular weight excluding hydrogens is 222 g/mol. The first-order chi connectivity index (χ1) is 8.72. The summed E-state index contributed by atoms with van der Waals surface area (Å²) in [7, 11) is 1.67. The summed E-state index contributed by atoms with van der Waals surface area (Å²) in [6.07, 6.45) is 3.72. The Kier molecular flexibility index (Phi) is 3.88. The van der Waals surface area contributed by atoms with Gasteiger partial charge in [-0.05, 0) is 37.1 Å². The van der Waals surface area contributed by atoms with Gasteiger partial charge in [0.1, 0.15) is 0 Å². The van der Waals surface area contributed by atoms with Crippen molar-refractivity contribution in [1.82, 2.24) is 4.57 Å². The second kappa shape index (κ2) is 5.58. The Balaban J connectivity index is 2.34. The third-order valence-corrected chi connectivity index (χ3v) is 3.21. The molecule has 2 rings (SSSR count). The quantitative estimate of drug-likeness (QED) is 0.743. The molecule has 0 atom stereocenters. The van der Waals surface area contributed by atoms with Crippen LogP contribution in [-0.4, -0.2) is 11.7 Å². The predicted molar refractivity (Wildman–Crippen MR) is 75.5 cm³/mol. The van der Waals surface area contributed by atoms with Crippen LogP contribution in [0.15, 0.2) is 42.7 Å². The Morgan fingerprint density at radius 2 is 1.89 bits per heavy atom. The number of hydrogen-bond donors (Lipinski definition) is 0. The van der Waals surface area contributed by atoms with E-state index in [2.05, 4.69) is 48.7 Å². The average Bonchev–Trinajstić information content (AvgIpc) is 2.65. The van der Waals surface area contributed by atoms with Crippen molar-refractivity contribution in [2.75, 3.05) is 7.11 Å². The summed E-state index contributed by atoms with van der Waals surface area (Å²) in [6, 6.07) is 12.7. The van der Waals surface area contributed by atoms with E-state index in [1.807, 2.05) is 12.1 Å². The maximum atomic E-state index is 5.01. The molecule has 2 nitrogen and oxygen atoms in total. The van der Waals surface area contributed by atoms with Gasteiger partial charge in [0.25, 0.3) is 0 Å². The zero-order valence-electron chi connectivity index (χ0n) is 11.2. The maximum absolute atomic E-state index is 5.01. The van der Waals surface area contributed by atoms with E-state index in [0.29, 0.717) is 0 Å². The van der Waals surface area contributed by atoms with E-state index in [0.717, 1.165) is 6.54 Å². The van der Waals surface area contributed by atoms with Crippen molar-refractivity contribution in [3.8, 4) is 0 Å². The van der Waals surface area contributed by atoms with E-state index in [-0.39, 0.29) is 0 Å². The number of aryl methyl sites for hydroxylation is 1. The topological polar surface area (TPSA) is 14.2 Å². The molecular formula is C16H19NO. The SMILES string of the molecule is COC=Cc1cc(C)c(C)n1Cc1ccccc1. The second-order valence-electron chi connectivity index (χ2n) is 4.45. The fourth-order valence-electron chi connectivity index (χ4n) is 2.06. The van der Waals surface area contributed by atoms with Gasteiger partial charge in [-0.2, -0.15) is 0 Å². The van der Waals surface area contributed by atoms with E-state index < -0.39 is 0 Å². The molecule has 0 radical (unpaired) electrons. The van der Waals surface area contributed by atoms with Crippen LogP contribution in [0.25, 0.3) is 6.08 Å². The molecule has 0 saturated carbocycles. The van der Waals surface area contributed by atoms with E-state index in [9.17, 15) is 0 Å². The molecule has 0 aliphatic carbocycles. The number of aromatic nitrogens is 1. The molecule has 0 unspecified atom stereocenters. The van der Waals surface area contributed by atoms with Gasteiger partial charge in [0.2, 0.25) is 0 Å². The van der Waals surface area contributed by atoms with Crippen molar-refractivity contribution in [1.29, 1.82) is 0 Å². The summed E-state index contributed by atoms with van der Waals surface area (Å²) in [5.41, 5.74) is 5.09. The minimum absolute atomic E-state index is 0.893. The van der Waals surface area contributed by atoms with Crippen molar-refractivity contribution >= 4 is 6.08 Å². The molecule has 2 heteroatoms. The van der Waals surface area contributed by atoms with Crippen LogP contribution in [0.2, 0.25) is 0 Å². The fraction of sp³-hybridized carbons (Fsp3) is 0.250.